The van der Waals surface area contributed by atoms with E-state index in [1.807, 2.05) is 20.8 Å². The lowest BCUT2D eigenvalue weighted by atomic mass is 10.2. The first-order valence-electron chi connectivity index (χ1n) is 6.26. The molecule has 1 amide bonds. The molecule has 0 rings (SSSR count). The number of methoxy groups -OCH3 is 2. The minimum atomic E-state index is -0.128. The third-order valence-electron chi connectivity index (χ3n) is 1.93. The number of carbonyl (C=O) groups excluding carboxylic acids is 2. The van der Waals surface area contributed by atoms with E-state index in [-0.39, 0.29) is 18.0 Å². The number of hydrogen-bond donors (Lipinski definition) is 2. The Hall–Kier alpha value is -1.14. The predicted molar refractivity (Wildman–Crippen MR) is 76.6 cm³/mol. The molecule has 0 aromatic rings. The maximum absolute atomic E-state index is 10.5. The van der Waals surface area contributed by atoms with E-state index in [4.69, 9.17) is 15.3 Å². The van der Waals surface area contributed by atoms with Crippen LogP contribution in [-0.2, 0) is 19.1 Å². The zero-order chi connectivity index (χ0) is 15.7. The predicted octanol–water partition coefficient (Wildman–Crippen LogP) is 1.21. The Morgan fingerprint density at radius 2 is 1.58 bits per heavy atom. The van der Waals surface area contributed by atoms with E-state index in [2.05, 4.69) is 10.5 Å². The van der Waals surface area contributed by atoms with E-state index in [1.54, 1.807) is 7.11 Å². The zero-order valence-electron chi connectivity index (χ0n) is 12.9. The molecule has 6 nitrogen and oxygen atoms in total. The van der Waals surface area contributed by atoms with E-state index in [9.17, 15) is 4.79 Å². The maximum atomic E-state index is 10.5. The lowest BCUT2D eigenvalue weighted by Crippen LogP contribution is -2.15. The number of nitrogens with two attached hydrogens (primary N) is 2. The first-order valence-corrected chi connectivity index (χ1v) is 6.26. The molecule has 0 aromatic carbocycles. The lowest BCUT2D eigenvalue weighted by Gasteiger charge is -2.14. The molecule has 0 bridgehead atoms. The summed E-state index contributed by atoms with van der Waals surface area (Å²) in [6.45, 7) is 6.77. The van der Waals surface area contributed by atoms with Gasteiger partial charge in [0.1, 0.15) is 0 Å². The first-order chi connectivity index (χ1) is 8.78. The van der Waals surface area contributed by atoms with Crippen molar-refractivity contribution in [3.8, 4) is 0 Å². The molecule has 6 heteroatoms. The van der Waals surface area contributed by atoms with Crippen molar-refractivity contribution in [2.24, 2.45) is 11.5 Å². The van der Waals surface area contributed by atoms with Gasteiger partial charge < -0.3 is 20.9 Å². The van der Waals surface area contributed by atoms with Crippen LogP contribution in [0.25, 0.3) is 0 Å². The highest BCUT2D eigenvalue weighted by Gasteiger charge is 2.04. The third-order valence-corrected chi connectivity index (χ3v) is 1.93. The number of primary amides is 1. The summed E-state index contributed by atoms with van der Waals surface area (Å²) >= 11 is 0. The largest absolute Gasteiger partial charge is 0.469 e. The van der Waals surface area contributed by atoms with Crippen molar-refractivity contribution in [3.05, 3.63) is 0 Å². The Labute approximate surface area is 116 Å². The molecule has 0 saturated heterocycles. The summed E-state index contributed by atoms with van der Waals surface area (Å²) in [5.74, 6) is -0.128. The molecule has 0 unspecified atom stereocenters. The van der Waals surface area contributed by atoms with Crippen LogP contribution in [0, 0.1) is 0 Å². The Kier molecular flexibility index (Phi) is 20.4. The molecule has 0 heterocycles. The molecule has 0 radical (unpaired) electrons. The van der Waals surface area contributed by atoms with Gasteiger partial charge in [-0.3, -0.25) is 9.59 Å². The third kappa shape index (κ3) is 38.3. The molecule has 19 heavy (non-hydrogen) atoms. The van der Waals surface area contributed by atoms with Crippen molar-refractivity contribution in [3.63, 3.8) is 0 Å². The van der Waals surface area contributed by atoms with Crippen LogP contribution in [-0.4, -0.2) is 38.7 Å². The molecule has 0 aliphatic carbocycles. The number of amides is 1. The van der Waals surface area contributed by atoms with Gasteiger partial charge in [0.05, 0.1) is 12.7 Å². The Morgan fingerprint density at radius 1 is 1.16 bits per heavy atom. The van der Waals surface area contributed by atoms with E-state index in [0.29, 0.717) is 13.0 Å². The van der Waals surface area contributed by atoms with Gasteiger partial charge in [0.15, 0.2) is 0 Å². The van der Waals surface area contributed by atoms with Gasteiger partial charge in [0.2, 0.25) is 6.41 Å². The van der Waals surface area contributed by atoms with E-state index in [1.165, 1.54) is 7.11 Å². The average molecular weight is 278 g/mol. The van der Waals surface area contributed by atoms with Crippen LogP contribution in [0.15, 0.2) is 0 Å². The quantitative estimate of drug-likeness (QED) is 0.447. The summed E-state index contributed by atoms with van der Waals surface area (Å²) in [6.07, 6.45) is 3.68. The van der Waals surface area contributed by atoms with Crippen molar-refractivity contribution >= 4 is 12.4 Å². The second-order valence-corrected chi connectivity index (χ2v) is 4.63. The molecular weight excluding hydrogens is 248 g/mol. The van der Waals surface area contributed by atoms with Crippen LogP contribution in [0.5, 0.6) is 0 Å². The zero-order valence-corrected chi connectivity index (χ0v) is 12.9. The fraction of sp³-hybridized carbons (Fsp3) is 0.846. The Morgan fingerprint density at radius 3 is 1.84 bits per heavy atom. The summed E-state index contributed by atoms with van der Waals surface area (Å²) in [6, 6.07) is 0. The standard InChI is InChI=1S/C7H15NO2.C5H12O.CH3NO/c1-10-7(9)5-3-2-4-6-8;1-5(2,3)6-4;2-1-3/h2-6,8H2,1H3;1-4H3;1H,(H2,2,3). The van der Waals surface area contributed by atoms with E-state index < -0.39 is 0 Å². The molecule has 0 saturated carbocycles. The highest BCUT2D eigenvalue weighted by molar-refractivity contribution is 5.68. The summed E-state index contributed by atoms with van der Waals surface area (Å²) in [7, 11) is 3.12. The summed E-state index contributed by atoms with van der Waals surface area (Å²) in [5.41, 5.74) is 9.47. The van der Waals surface area contributed by atoms with Gasteiger partial charge in [-0.15, -0.1) is 0 Å². The Balaban J connectivity index is -0.000000242. The van der Waals surface area contributed by atoms with Crippen LogP contribution in [0.4, 0.5) is 0 Å². The highest BCUT2D eigenvalue weighted by Crippen LogP contribution is 2.02. The van der Waals surface area contributed by atoms with Crippen molar-refractivity contribution in [2.75, 3.05) is 20.8 Å². The van der Waals surface area contributed by atoms with Gasteiger partial charge >= 0.3 is 5.97 Å². The SMILES string of the molecule is COC(=O)CCCCCN.COC(C)(C)C.NC=O. The summed E-state index contributed by atoms with van der Waals surface area (Å²) < 4.78 is 9.40. The number of rotatable bonds is 5. The van der Waals surface area contributed by atoms with Crippen LogP contribution in [0.2, 0.25) is 0 Å². The minimum Gasteiger partial charge on any atom is -0.469 e. The fourth-order valence-electron chi connectivity index (χ4n) is 0.693. The van der Waals surface area contributed by atoms with Gasteiger partial charge in [0.25, 0.3) is 0 Å². The highest BCUT2D eigenvalue weighted by atomic mass is 16.5. The van der Waals surface area contributed by atoms with Crippen molar-refractivity contribution in [1.82, 2.24) is 0 Å². The van der Waals surface area contributed by atoms with Crippen molar-refractivity contribution in [2.45, 2.75) is 52.1 Å². The molecule has 0 fully saturated rings. The molecular formula is C13H30N2O4. The summed E-state index contributed by atoms with van der Waals surface area (Å²) in [4.78, 5) is 19.1. The minimum absolute atomic E-state index is 0.0417. The number of carbonyl (C=O) groups is 2. The fourth-order valence-corrected chi connectivity index (χ4v) is 0.693. The van der Waals surface area contributed by atoms with Crippen LogP contribution >= 0.6 is 0 Å². The molecule has 4 N–H and O–H groups in total. The number of ether oxygens (including phenoxy) is 2. The van der Waals surface area contributed by atoms with Crippen LogP contribution in [0.3, 0.4) is 0 Å². The average Bonchev–Trinajstić information content (AvgIpc) is 2.35. The van der Waals surface area contributed by atoms with Gasteiger partial charge in [-0.05, 0) is 40.2 Å². The molecule has 0 aliphatic heterocycles. The topological polar surface area (TPSA) is 105 Å². The van der Waals surface area contributed by atoms with Crippen molar-refractivity contribution in [1.29, 1.82) is 0 Å². The van der Waals surface area contributed by atoms with Gasteiger partial charge in [-0.25, -0.2) is 0 Å². The smallest absolute Gasteiger partial charge is 0.305 e. The number of unbranched alkanes of at least 4 members (excludes halogenated alkanes) is 2. The van der Waals surface area contributed by atoms with Gasteiger partial charge in [0, 0.05) is 13.5 Å². The van der Waals surface area contributed by atoms with Crippen molar-refractivity contribution < 1.29 is 19.1 Å². The van der Waals surface area contributed by atoms with Crippen LogP contribution < -0.4 is 11.5 Å². The number of hydrogen-bond acceptors (Lipinski definition) is 5. The molecule has 0 aliphatic rings. The Bertz CT molecular complexity index is 203. The van der Waals surface area contributed by atoms with E-state index >= 15 is 0 Å². The normalized spacial score (nSPS) is 9.37. The molecule has 0 atom stereocenters. The second-order valence-electron chi connectivity index (χ2n) is 4.63. The second kappa shape index (κ2) is 16.9. The molecule has 0 aromatic heterocycles. The first kappa shape index (κ1) is 23.0. The lowest BCUT2D eigenvalue weighted by molar-refractivity contribution is -0.140. The summed E-state index contributed by atoms with van der Waals surface area (Å²) in [5, 5.41) is 0. The monoisotopic (exact) mass is 278 g/mol. The van der Waals surface area contributed by atoms with Gasteiger partial charge in [-0.1, -0.05) is 6.42 Å². The maximum Gasteiger partial charge on any atom is 0.305 e. The number of esters is 1. The molecule has 116 valence electrons. The van der Waals surface area contributed by atoms with Gasteiger partial charge in [-0.2, -0.15) is 0 Å². The van der Waals surface area contributed by atoms with E-state index in [0.717, 1.165) is 19.3 Å². The molecule has 0 spiro atoms. The van der Waals surface area contributed by atoms with Crippen LogP contribution in [0.1, 0.15) is 46.5 Å².